The van der Waals surface area contributed by atoms with Crippen LogP contribution in [0.5, 0.6) is 0 Å². The van der Waals surface area contributed by atoms with Crippen molar-refractivity contribution >= 4 is 23.4 Å². The van der Waals surface area contributed by atoms with Gasteiger partial charge in [0.25, 0.3) is 0 Å². The molecule has 0 saturated carbocycles. The number of aryl methyl sites for hydroxylation is 2. The SMILES string of the molecule is CCCCSc1nnc(-c2ccc(Cl)cc2)n1-c1ccc(C)c(C)c1. The number of hydrogen-bond donors (Lipinski definition) is 0. The van der Waals surface area contributed by atoms with Crippen LogP contribution in [0, 0.1) is 13.8 Å². The quantitative estimate of drug-likeness (QED) is 0.387. The number of aromatic nitrogens is 3. The van der Waals surface area contributed by atoms with Crippen LogP contribution >= 0.6 is 23.4 Å². The lowest BCUT2D eigenvalue weighted by Gasteiger charge is -2.12. The van der Waals surface area contributed by atoms with Crippen LogP contribution in [0.15, 0.2) is 47.6 Å². The molecule has 130 valence electrons. The lowest BCUT2D eigenvalue weighted by Crippen LogP contribution is -2.01. The van der Waals surface area contributed by atoms with E-state index in [1.807, 2.05) is 24.3 Å². The number of unbranched alkanes of at least 4 members (excludes halogenated alkanes) is 1. The summed E-state index contributed by atoms with van der Waals surface area (Å²) in [5.41, 5.74) is 4.65. The summed E-state index contributed by atoms with van der Waals surface area (Å²) in [4.78, 5) is 0. The summed E-state index contributed by atoms with van der Waals surface area (Å²) in [6.07, 6.45) is 2.34. The predicted molar refractivity (Wildman–Crippen MR) is 107 cm³/mol. The molecule has 0 N–H and O–H groups in total. The van der Waals surface area contributed by atoms with Gasteiger partial charge in [0.1, 0.15) is 0 Å². The minimum absolute atomic E-state index is 0.721. The van der Waals surface area contributed by atoms with Crippen LogP contribution in [0.3, 0.4) is 0 Å². The van der Waals surface area contributed by atoms with Crippen molar-refractivity contribution in [1.82, 2.24) is 14.8 Å². The van der Waals surface area contributed by atoms with E-state index >= 15 is 0 Å². The molecule has 0 bridgehead atoms. The molecule has 0 unspecified atom stereocenters. The van der Waals surface area contributed by atoms with E-state index in [2.05, 4.69) is 53.7 Å². The molecule has 3 aromatic rings. The zero-order valence-electron chi connectivity index (χ0n) is 14.8. The van der Waals surface area contributed by atoms with E-state index in [9.17, 15) is 0 Å². The number of thioether (sulfide) groups is 1. The predicted octanol–water partition coefficient (Wildman–Crippen LogP) is 6.10. The largest absolute Gasteiger partial charge is 0.270 e. The van der Waals surface area contributed by atoms with Crippen LogP contribution in [0.25, 0.3) is 17.1 Å². The highest BCUT2D eigenvalue weighted by molar-refractivity contribution is 7.99. The van der Waals surface area contributed by atoms with Gasteiger partial charge in [-0.05, 0) is 67.8 Å². The molecular formula is C20H22ClN3S. The smallest absolute Gasteiger partial charge is 0.196 e. The molecule has 0 amide bonds. The second kappa shape index (κ2) is 8.07. The molecule has 1 heterocycles. The number of halogens is 1. The van der Waals surface area contributed by atoms with Gasteiger partial charge in [0.15, 0.2) is 11.0 Å². The molecule has 5 heteroatoms. The molecular weight excluding hydrogens is 350 g/mol. The lowest BCUT2D eigenvalue weighted by molar-refractivity contribution is 0.865. The maximum Gasteiger partial charge on any atom is 0.196 e. The molecule has 1 aromatic heterocycles. The van der Waals surface area contributed by atoms with E-state index in [0.717, 1.165) is 33.0 Å². The van der Waals surface area contributed by atoms with E-state index in [4.69, 9.17) is 11.6 Å². The van der Waals surface area contributed by atoms with Crippen molar-refractivity contribution in [2.24, 2.45) is 0 Å². The Bertz CT molecular complexity index is 856. The Hall–Kier alpha value is -1.78. The fraction of sp³-hybridized carbons (Fsp3) is 0.300. The summed E-state index contributed by atoms with van der Waals surface area (Å²) in [5, 5.41) is 10.6. The van der Waals surface area contributed by atoms with E-state index in [1.54, 1.807) is 11.8 Å². The molecule has 0 atom stereocenters. The average Bonchev–Trinajstić information content (AvgIpc) is 3.02. The molecule has 0 radical (unpaired) electrons. The number of nitrogens with zero attached hydrogens (tertiary/aromatic N) is 3. The Balaban J connectivity index is 2.08. The molecule has 25 heavy (non-hydrogen) atoms. The fourth-order valence-electron chi connectivity index (χ4n) is 2.55. The first-order chi connectivity index (χ1) is 12.1. The van der Waals surface area contributed by atoms with Crippen LogP contribution in [0.1, 0.15) is 30.9 Å². The molecule has 3 nitrogen and oxygen atoms in total. The van der Waals surface area contributed by atoms with Crippen LogP contribution < -0.4 is 0 Å². The second-order valence-electron chi connectivity index (χ2n) is 6.12. The summed E-state index contributed by atoms with van der Waals surface area (Å²) in [7, 11) is 0. The minimum atomic E-state index is 0.721. The van der Waals surface area contributed by atoms with E-state index < -0.39 is 0 Å². The van der Waals surface area contributed by atoms with Gasteiger partial charge >= 0.3 is 0 Å². The van der Waals surface area contributed by atoms with Crippen molar-refractivity contribution in [3.8, 4) is 17.1 Å². The molecule has 0 aliphatic heterocycles. The van der Waals surface area contributed by atoms with Crippen molar-refractivity contribution in [3.05, 3.63) is 58.6 Å². The maximum absolute atomic E-state index is 6.04. The Kier molecular flexibility index (Phi) is 5.82. The highest BCUT2D eigenvalue weighted by Gasteiger charge is 2.16. The van der Waals surface area contributed by atoms with Crippen molar-refractivity contribution in [1.29, 1.82) is 0 Å². The highest BCUT2D eigenvalue weighted by atomic mass is 35.5. The minimum Gasteiger partial charge on any atom is -0.270 e. The molecule has 0 saturated heterocycles. The van der Waals surface area contributed by atoms with Gasteiger partial charge in [-0.1, -0.05) is 42.8 Å². The molecule has 2 aromatic carbocycles. The third kappa shape index (κ3) is 4.07. The lowest BCUT2D eigenvalue weighted by atomic mass is 10.1. The zero-order chi connectivity index (χ0) is 17.8. The van der Waals surface area contributed by atoms with Crippen LogP contribution in [-0.2, 0) is 0 Å². The first kappa shape index (κ1) is 18.0. The first-order valence-electron chi connectivity index (χ1n) is 8.52. The van der Waals surface area contributed by atoms with E-state index in [-0.39, 0.29) is 0 Å². The monoisotopic (exact) mass is 371 g/mol. The van der Waals surface area contributed by atoms with Crippen molar-refractivity contribution in [2.45, 2.75) is 38.8 Å². The summed E-state index contributed by atoms with van der Waals surface area (Å²) in [5.74, 6) is 1.89. The van der Waals surface area contributed by atoms with Crippen LogP contribution in [0.2, 0.25) is 5.02 Å². The Morgan fingerprint density at radius 3 is 2.44 bits per heavy atom. The summed E-state index contributed by atoms with van der Waals surface area (Å²) < 4.78 is 2.15. The topological polar surface area (TPSA) is 30.7 Å². The van der Waals surface area contributed by atoms with Gasteiger partial charge in [-0.3, -0.25) is 4.57 Å². The average molecular weight is 372 g/mol. The number of rotatable bonds is 6. The summed E-state index contributed by atoms with van der Waals surface area (Å²) in [6, 6.07) is 14.2. The zero-order valence-corrected chi connectivity index (χ0v) is 16.4. The standard InChI is InChI=1S/C20H22ClN3S/c1-4-5-12-25-20-23-22-19(16-7-9-17(21)10-8-16)24(20)18-11-6-14(2)15(3)13-18/h6-11,13H,4-5,12H2,1-3H3. The Labute approximate surface area is 158 Å². The van der Waals surface area contributed by atoms with Gasteiger partial charge < -0.3 is 0 Å². The molecule has 0 aliphatic carbocycles. The van der Waals surface area contributed by atoms with Gasteiger partial charge in [0, 0.05) is 16.3 Å². The van der Waals surface area contributed by atoms with E-state index in [1.165, 1.54) is 24.0 Å². The third-order valence-corrected chi connectivity index (χ3v) is 5.48. The van der Waals surface area contributed by atoms with Crippen molar-refractivity contribution < 1.29 is 0 Å². The number of benzene rings is 2. The Morgan fingerprint density at radius 1 is 1.00 bits per heavy atom. The molecule has 3 rings (SSSR count). The van der Waals surface area contributed by atoms with Gasteiger partial charge in [0.2, 0.25) is 0 Å². The van der Waals surface area contributed by atoms with Crippen LogP contribution in [0.4, 0.5) is 0 Å². The highest BCUT2D eigenvalue weighted by Crippen LogP contribution is 2.29. The normalized spacial score (nSPS) is 11.0. The molecule has 0 spiro atoms. The van der Waals surface area contributed by atoms with Gasteiger partial charge in [0.05, 0.1) is 5.69 Å². The van der Waals surface area contributed by atoms with Gasteiger partial charge in [-0.15, -0.1) is 10.2 Å². The fourth-order valence-corrected chi connectivity index (χ4v) is 3.72. The molecule has 0 aliphatic rings. The van der Waals surface area contributed by atoms with Crippen LogP contribution in [-0.4, -0.2) is 20.5 Å². The third-order valence-electron chi connectivity index (χ3n) is 4.21. The first-order valence-corrected chi connectivity index (χ1v) is 9.88. The summed E-state index contributed by atoms with van der Waals surface area (Å²) >= 11 is 7.80. The Morgan fingerprint density at radius 2 is 1.76 bits per heavy atom. The molecule has 0 fully saturated rings. The van der Waals surface area contributed by atoms with Crippen molar-refractivity contribution in [2.75, 3.05) is 5.75 Å². The van der Waals surface area contributed by atoms with Gasteiger partial charge in [-0.25, -0.2) is 0 Å². The van der Waals surface area contributed by atoms with Crippen molar-refractivity contribution in [3.63, 3.8) is 0 Å². The summed E-state index contributed by atoms with van der Waals surface area (Å²) in [6.45, 7) is 6.46. The maximum atomic E-state index is 6.04. The second-order valence-corrected chi connectivity index (χ2v) is 7.62. The van der Waals surface area contributed by atoms with E-state index in [0.29, 0.717) is 0 Å². The van der Waals surface area contributed by atoms with Gasteiger partial charge in [-0.2, -0.15) is 0 Å². The number of hydrogen-bond acceptors (Lipinski definition) is 3.